The monoisotopic (exact) mass is 158 g/mol. The highest BCUT2D eigenvalue weighted by Crippen LogP contribution is 2.10. The van der Waals surface area contributed by atoms with E-state index in [4.69, 9.17) is 0 Å². The average Bonchev–Trinajstić information content (AvgIpc) is 1.86. The average molecular weight is 158 g/mol. The Morgan fingerprint density at radius 1 is 1.55 bits per heavy atom. The van der Waals surface area contributed by atoms with Gasteiger partial charge in [-0.05, 0) is 20.9 Å². The molecule has 0 fully saturated rings. The summed E-state index contributed by atoms with van der Waals surface area (Å²) in [5.74, 6) is 0.102. The van der Waals surface area contributed by atoms with Crippen molar-refractivity contribution in [2.45, 2.75) is 26.3 Å². The molecular weight excluding hydrogens is 140 g/mol. The fourth-order valence-electron chi connectivity index (χ4n) is 0.977. The van der Waals surface area contributed by atoms with Gasteiger partial charge in [0.2, 0.25) is 5.91 Å². The maximum absolute atomic E-state index is 11.0. The first-order valence-electron chi connectivity index (χ1n) is 3.81. The minimum Gasteiger partial charge on any atom is -0.340 e. The third kappa shape index (κ3) is 2.89. The molecule has 1 amide bonds. The Kier molecular flexibility index (Phi) is 3.52. The molecule has 66 valence electrons. The Labute approximate surface area is 68.8 Å². The quantitative estimate of drug-likeness (QED) is 0.647. The number of rotatable bonds is 3. The minimum absolute atomic E-state index is 0.0966. The van der Waals surface area contributed by atoms with Gasteiger partial charge in [-0.15, -0.1) is 0 Å². The van der Waals surface area contributed by atoms with E-state index in [1.807, 2.05) is 27.9 Å². The summed E-state index contributed by atoms with van der Waals surface area (Å²) in [6, 6.07) is 0. The van der Waals surface area contributed by atoms with Crippen LogP contribution in [0.2, 0.25) is 0 Å². The molecule has 0 bridgehead atoms. The molecule has 0 heterocycles. The van der Waals surface area contributed by atoms with Crippen LogP contribution in [0.3, 0.4) is 0 Å². The van der Waals surface area contributed by atoms with Gasteiger partial charge in [0.05, 0.1) is 0 Å². The van der Waals surface area contributed by atoms with Crippen molar-refractivity contribution in [2.24, 2.45) is 0 Å². The number of likely N-dealkylation sites (N-methyl/N-ethyl adjacent to an activating group) is 2. The third-order valence-electron chi connectivity index (χ3n) is 1.99. The summed E-state index contributed by atoms with van der Waals surface area (Å²) in [7, 11) is 3.70. The van der Waals surface area contributed by atoms with Crippen LogP contribution in [-0.4, -0.2) is 37.0 Å². The van der Waals surface area contributed by atoms with Gasteiger partial charge in [-0.2, -0.15) is 0 Å². The number of nitrogens with one attached hydrogen (secondary N) is 1. The molecular formula is C8H18N2O. The number of carbonyl (C=O) groups is 1. The van der Waals surface area contributed by atoms with E-state index in [9.17, 15) is 4.79 Å². The molecule has 0 saturated heterocycles. The van der Waals surface area contributed by atoms with Crippen LogP contribution in [0.1, 0.15) is 20.8 Å². The van der Waals surface area contributed by atoms with E-state index < -0.39 is 0 Å². The fourth-order valence-corrected chi connectivity index (χ4v) is 0.977. The molecule has 0 aromatic rings. The molecule has 0 spiro atoms. The van der Waals surface area contributed by atoms with Gasteiger partial charge in [0, 0.05) is 26.1 Å². The van der Waals surface area contributed by atoms with Crippen molar-refractivity contribution in [1.29, 1.82) is 0 Å². The van der Waals surface area contributed by atoms with Crippen LogP contribution in [0.25, 0.3) is 0 Å². The molecule has 1 N–H and O–H groups in total. The highest BCUT2D eigenvalue weighted by Gasteiger charge is 2.23. The summed E-state index contributed by atoms with van der Waals surface area (Å²) in [6.07, 6.45) is 0. The lowest BCUT2D eigenvalue weighted by Crippen LogP contribution is -2.49. The van der Waals surface area contributed by atoms with Gasteiger partial charge in [-0.1, -0.05) is 0 Å². The molecule has 0 saturated carbocycles. The Morgan fingerprint density at radius 2 is 2.00 bits per heavy atom. The van der Waals surface area contributed by atoms with Crippen LogP contribution < -0.4 is 5.32 Å². The normalized spacial score (nSPS) is 11.4. The number of nitrogens with zero attached hydrogens (tertiary/aromatic N) is 1. The van der Waals surface area contributed by atoms with Crippen LogP contribution in [-0.2, 0) is 4.79 Å². The standard InChI is InChI=1S/C8H18N2O/c1-7(11)10(5)8(2,3)6-9-4/h9H,6H2,1-5H3. The second-order valence-electron chi connectivity index (χ2n) is 3.42. The zero-order chi connectivity index (χ0) is 9.07. The zero-order valence-electron chi connectivity index (χ0n) is 8.06. The number of amides is 1. The van der Waals surface area contributed by atoms with Crippen molar-refractivity contribution in [3.05, 3.63) is 0 Å². The van der Waals surface area contributed by atoms with Crippen LogP contribution in [0, 0.1) is 0 Å². The summed E-state index contributed by atoms with van der Waals surface area (Å²) in [5, 5.41) is 3.05. The zero-order valence-corrected chi connectivity index (χ0v) is 8.06. The van der Waals surface area contributed by atoms with Gasteiger partial charge in [0.1, 0.15) is 0 Å². The van der Waals surface area contributed by atoms with Crippen molar-refractivity contribution >= 4 is 5.91 Å². The molecule has 0 rings (SSSR count). The van der Waals surface area contributed by atoms with E-state index in [0.717, 1.165) is 6.54 Å². The fraction of sp³-hybridized carbons (Fsp3) is 0.875. The number of hydrogen-bond donors (Lipinski definition) is 1. The molecule has 0 aliphatic heterocycles. The minimum atomic E-state index is -0.0966. The largest absolute Gasteiger partial charge is 0.340 e. The first-order valence-corrected chi connectivity index (χ1v) is 3.81. The van der Waals surface area contributed by atoms with Gasteiger partial charge in [0.25, 0.3) is 0 Å². The Balaban J connectivity index is 4.16. The smallest absolute Gasteiger partial charge is 0.219 e. The Morgan fingerprint density at radius 3 is 2.27 bits per heavy atom. The van der Waals surface area contributed by atoms with E-state index in [2.05, 4.69) is 5.32 Å². The predicted molar refractivity (Wildman–Crippen MR) is 46.4 cm³/mol. The molecule has 0 atom stereocenters. The molecule has 0 aliphatic carbocycles. The van der Waals surface area contributed by atoms with E-state index in [0.29, 0.717) is 0 Å². The maximum Gasteiger partial charge on any atom is 0.219 e. The summed E-state index contributed by atoms with van der Waals surface area (Å²) >= 11 is 0. The van der Waals surface area contributed by atoms with Crippen molar-refractivity contribution in [2.75, 3.05) is 20.6 Å². The molecule has 3 heteroatoms. The van der Waals surface area contributed by atoms with Crippen molar-refractivity contribution in [3.8, 4) is 0 Å². The van der Waals surface area contributed by atoms with E-state index >= 15 is 0 Å². The molecule has 0 aromatic carbocycles. The summed E-state index contributed by atoms with van der Waals surface area (Å²) < 4.78 is 0. The van der Waals surface area contributed by atoms with Crippen molar-refractivity contribution in [1.82, 2.24) is 10.2 Å². The first-order chi connectivity index (χ1) is 4.91. The van der Waals surface area contributed by atoms with Crippen LogP contribution in [0.15, 0.2) is 0 Å². The molecule has 0 aliphatic rings. The molecule has 0 unspecified atom stereocenters. The predicted octanol–water partition coefficient (Wildman–Crippen LogP) is 0.463. The van der Waals surface area contributed by atoms with Crippen LogP contribution in [0.4, 0.5) is 0 Å². The third-order valence-corrected chi connectivity index (χ3v) is 1.99. The SMILES string of the molecule is CNCC(C)(C)N(C)C(C)=O. The first kappa shape index (κ1) is 10.4. The van der Waals surface area contributed by atoms with Gasteiger partial charge >= 0.3 is 0 Å². The number of carbonyl (C=O) groups excluding carboxylic acids is 1. The molecule has 0 aromatic heterocycles. The Bertz CT molecular complexity index is 143. The molecule has 11 heavy (non-hydrogen) atoms. The van der Waals surface area contributed by atoms with Crippen molar-refractivity contribution in [3.63, 3.8) is 0 Å². The highest BCUT2D eigenvalue weighted by molar-refractivity contribution is 5.73. The molecule has 3 nitrogen and oxygen atoms in total. The second kappa shape index (κ2) is 3.72. The highest BCUT2D eigenvalue weighted by atomic mass is 16.2. The van der Waals surface area contributed by atoms with Gasteiger partial charge in [-0.3, -0.25) is 4.79 Å². The van der Waals surface area contributed by atoms with Gasteiger partial charge in [-0.25, -0.2) is 0 Å². The van der Waals surface area contributed by atoms with Crippen molar-refractivity contribution < 1.29 is 4.79 Å². The lowest BCUT2D eigenvalue weighted by molar-refractivity contribution is -0.132. The van der Waals surface area contributed by atoms with Gasteiger partial charge in [0.15, 0.2) is 0 Å². The van der Waals surface area contributed by atoms with E-state index in [1.165, 1.54) is 0 Å². The number of hydrogen-bond acceptors (Lipinski definition) is 2. The second-order valence-corrected chi connectivity index (χ2v) is 3.42. The Hall–Kier alpha value is -0.570. The summed E-state index contributed by atoms with van der Waals surface area (Å²) in [4.78, 5) is 12.7. The lowest BCUT2D eigenvalue weighted by Gasteiger charge is -2.34. The van der Waals surface area contributed by atoms with E-state index in [-0.39, 0.29) is 11.4 Å². The summed E-state index contributed by atoms with van der Waals surface area (Å²) in [6.45, 7) is 6.45. The van der Waals surface area contributed by atoms with Crippen LogP contribution >= 0.6 is 0 Å². The van der Waals surface area contributed by atoms with E-state index in [1.54, 1.807) is 11.8 Å². The summed E-state index contributed by atoms with van der Waals surface area (Å²) in [5.41, 5.74) is -0.0966. The lowest BCUT2D eigenvalue weighted by atomic mass is 10.0. The van der Waals surface area contributed by atoms with Gasteiger partial charge < -0.3 is 10.2 Å². The maximum atomic E-state index is 11.0. The van der Waals surface area contributed by atoms with Crippen LogP contribution in [0.5, 0.6) is 0 Å². The topological polar surface area (TPSA) is 32.3 Å². The molecule has 0 radical (unpaired) electrons.